The molecule has 0 aromatic carbocycles. The van der Waals surface area contributed by atoms with E-state index in [2.05, 4.69) is 20.6 Å². The molecule has 0 bridgehead atoms. The molecule has 90 valence electrons. The van der Waals surface area contributed by atoms with Gasteiger partial charge in [-0.1, -0.05) is 25.4 Å². The van der Waals surface area contributed by atoms with Gasteiger partial charge in [-0.2, -0.15) is 4.98 Å². The Labute approximate surface area is 100 Å². The van der Waals surface area contributed by atoms with Gasteiger partial charge in [0.25, 0.3) is 0 Å². The van der Waals surface area contributed by atoms with Gasteiger partial charge < -0.3 is 15.7 Å². The summed E-state index contributed by atoms with van der Waals surface area (Å²) in [7, 11) is 1.74. The van der Waals surface area contributed by atoms with Gasteiger partial charge >= 0.3 is 0 Å². The van der Waals surface area contributed by atoms with Crippen molar-refractivity contribution in [3.05, 3.63) is 11.2 Å². The van der Waals surface area contributed by atoms with Crippen molar-refractivity contribution >= 4 is 23.4 Å². The first-order valence-electron chi connectivity index (χ1n) is 5.16. The van der Waals surface area contributed by atoms with Crippen molar-refractivity contribution in [2.24, 2.45) is 5.92 Å². The summed E-state index contributed by atoms with van der Waals surface area (Å²) in [6.45, 7) is 4.07. The predicted octanol–water partition coefficient (Wildman–Crippen LogP) is 1.60. The third kappa shape index (κ3) is 3.21. The number of halogens is 1. The lowest BCUT2D eigenvalue weighted by Gasteiger charge is -2.21. The third-order valence-electron chi connectivity index (χ3n) is 2.29. The van der Waals surface area contributed by atoms with E-state index in [1.165, 1.54) is 6.20 Å². The molecule has 0 saturated carbocycles. The normalized spacial score (nSPS) is 12.6. The molecule has 1 rings (SSSR count). The number of nitrogens with one attached hydrogen (secondary N) is 2. The van der Waals surface area contributed by atoms with E-state index in [9.17, 15) is 5.11 Å². The van der Waals surface area contributed by atoms with Crippen LogP contribution in [0.2, 0.25) is 5.02 Å². The Bertz CT molecular complexity index is 346. The second-order valence-corrected chi connectivity index (χ2v) is 4.22. The Balaban J connectivity index is 2.86. The fraction of sp³-hybridized carbons (Fsp3) is 0.600. The fourth-order valence-electron chi connectivity index (χ4n) is 1.19. The number of aromatic nitrogens is 2. The molecule has 1 aromatic rings. The lowest BCUT2D eigenvalue weighted by atomic mass is 10.1. The number of hydrogen-bond donors (Lipinski definition) is 3. The molecule has 5 nitrogen and oxygen atoms in total. The highest BCUT2D eigenvalue weighted by atomic mass is 35.5. The number of aliphatic hydroxyl groups is 1. The SMILES string of the molecule is CNc1ncc(Cl)c(N[C@H](CO)C(C)C)n1. The van der Waals surface area contributed by atoms with Crippen molar-refractivity contribution in [2.75, 3.05) is 24.3 Å². The van der Waals surface area contributed by atoms with Crippen LogP contribution in [0.5, 0.6) is 0 Å². The van der Waals surface area contributed by atoms with Crippen LogP contribution in [0.15, 0.2) is 6.20 Å². The standard InChI is InChI=1S/C10H17ClN4O/c1-6(2)8(5-16)14-9-7(11)4-13-10(12-3)15-9/h4,6,8,16H,5H2,1-3H3,(H2,12,13,14,15)/t8-/m1/s1. The molecule has 0 aliphatic rings. The van der Waals surface area contributed by atoms with Crippen LogP contribution in [0.4, 0.5) is 11.8 Å². The molecule has 1 aromatic heterocycles. The average Bonchev–Trinajstić information content (AvgIpc) is 2.27. The van der Waals surface area contributed by atoms with E-state index in [-0.39, 0.29) is 18.6 Å². The van der Waals surface area contributed by atoms with E-state index in [0.29, 0.717) is 16.8 Å². The van der Waals surface area contributed by atoms with Crippen molar-refractivity contribution in [2.45, 2.75) is 19.9 Å². The van der Waals surface area contributed by atoms with E-state index in [1.54, 1.807) is 7.05 Å². The molecule has 1 heterocycles. The lowest BCUT2D eigenvalue weighted by Crippen LogP contribution is -2.30. The minimum atomic E-state index is -0.0721. The molecule has 0 unspecified atom stereocenters. The summed E-state index contributed by atoms with van der Waals surface area (Å²) in [6, 6.07) is -0.0721. The van der Waals surface area contributed by atoms with Crippen molar-refractivity contribution in [3.63, 3.8) is 0 Å². The predicted molar refractivity (Wildman–Crippen MR) is 65.9 cm³/mol. The van der Waals surface area contributed by atoms with Crippen molar-refractivity contribution in [1.29, 1.82) is 0 Å². The molecule has 0 fully saturated rings. The largest absolute Gasteiger partial charge is 0.394 e. The highest BCUT2D eigenvalue weighted by Gasteiger charge is 2.14. The maximum Gasteiger partial charge on any atom is 0.224 e. The van der Waals surface area contributed by atoms with Crippen molar-refractivity contribution in [1.82, 2.24) is 9.97 Å². The molecule has 0 saturated heterocycles. The van der Waals surface area contributed by atoms with Crippen LogP contribution in [0.1, 0.15) is 13.8 Å². The summed E-state index contributed by atoms with van der Waals surface area (Å²) < 4.78 is 0. The van der Waals surface area contributed by atoms with Gasteiger partial charge in [-0.05, 0) is 5.92 Å². The van der Waals surface area contributed by atoms with Crippen LogP contribution in [0.25, 0.3) is 0 Å². The Morgan fingerprint density at radius 3 is 2.69 bits per heavy atom. The van der Waals surface area contributed by atoms with Crippen LogP contribution in [0, 0.1) is 5.92 Å². The van der Waals surface area contributed by atoms with E-state index >= 15 is 0 Å². The van der Waals surface area contributed by atoms with Gasteiger partial charge in [-0.15, -0.1) is 0 Å². The second-order valence-electron chi connectivity index (χ2n) is 3.82. The zero-order chi connectivity index (χ0) is 12.1. The van der Waals surface area contributed by atoms with E-state index in [1.807, 2.05) is 13.8 Å². The second kappa shape index (κ2) is 5.86. The first kappa shape index (κ1) is 13.0. The molecule has 0 amide bonds. The fourth-order valence-corrected chi connectivity index (χ4v) is 1.33. The Morgan fingerprint density at radius 1 is 1.50 bits per heavy atom. The van der Waals surface area contributed by atoms with Gasteiger partial charge in [0.2, 0.25) is 5.95 Å². The average molecular weight is 245 g/mol. The summed E-state index contributed by atoms with van der Waals surface area (Å²) in [5, 5.41) is 15.6. The maximum absolute atomic E-state index is 9.21. The van der Waals surface area contributed by atoms with Gasteiger partial charge in [0.1, 0.15) is 5.02 Å². The number of rotatable bonds is 5. The smallest absolute Gasteiger partial charge is 0.224 e. The Kier molecular flexibility index (Phi) is 4.76. The Morgan fingerprint density at radius 2 is 2.19 bits per heavy atom. The van der Waals surface area contributed by atoms with Crippen LogP contribution in [-0.4, -0.2) is 34.8 Å². The van der Waals surface area contributed by atoms with Crippen molar-refractivity contribution < 1.29 is 5.11 Å². The molecular weight excluding hydrogens is 228 g/mol. The minimum absolute atomic E-state index is 0.0346. The van der Waals surface area contributed by atoms with Gasteiger partial charge in [0.05, 0.1) is 18.8 Å². The number of nitrogens with zero attached hydrogens (tertiary/aromatic N) is 2. The van der Waals surface area contributed by atoms with Gasteiger partial charge in [0, 0.05) is 7.05 Å². The summed E-state index contributed by atoms with van der Waals surface area (Å²) >= 11 is 5.96. The lowest BCUT2D eigenvalue weighted by molar-refractivity contribution is 0.249. The quantitative estimate of drug-likeness (QED) is 0.734. The zero-order valence-corrected chi connectivity index (χ0v) is 10.4. The zero-order valence-electron chi connectivity index (χ0n) is 9.66. The van der Waals surface area contributed by atoms with Gasteiger partial charge in [-0.3, -0.25) is 0 Å². The Hall–Kier alpha value is -1.07. The first-order valence-corrected chi connectivity index (χ1v) is 5.54. The van der Waals surface area contributed by atoms with E-state index < -0.39 is 0 Å². The van der Waals surface area contributed by atoms with E-state index in [4.69, 9.17) is 11.6 Å². The molecular formula is C10H17ClN4O. The monoisotopic (exact) mass is 244 g/mol. The molecule has 3 N–H and O–H groups in total. The molecule has 6 heteroatoms. The van der Waals surface area contributed by atoms with Gasteiger partial charge in [0.15, 0.2) is 5.82 Å². The number of hydrogen-bond acceptors (Lipinski definition) is 5. The first-order chi connectivity index (χ1) is 7.58. The molecule has 0 spiro atoms. The topological polar surface area (TPSA) is 70.1 Å². The summed E-state index contributed by atoms with van der Waals surface area (Å²) in [6.07, 6.45) is 1.53. The highest BCUT2D eigenvalue weighted by Crippen LogP contribution is 2.21. The van der Waals surface area contributed by atoms with E-state index in [0.717, 1.165) is 0 Å². The summed E-state index contributed by atoms with van der Waals surface area (Å²) in [5.41, 5.74) is 0. The summed E-state index contributed by atoms with van der Waals surface area (Å²) in [4.78, 5) is 8.16. The summed E-state index contributed by atoms with van der Waals surface area (Å²) in [5.74, 6) is 1.31. The maximum atomic E-state index is 9.21. The molecule has 16 heavy (non-hydrogen) atoms. The van der Waals surface area contributed by atoms with Crippen LogP contribution >= 0.6 is 11.6 Å². The van der Waals surface area contributed by atoms with Crippen LogP contribution in [0.3, 0.4) is 0 Å². The molecule has 0 radical (unpaired) electrons. The van der Waals surface area contributed by atoms with Crippen LogP contribution in [-0.2, 0) is 0 Å². The highest BCUT2D eigenvalue weighted by molar-refractivity contribution is 6.32. The van der Waals surface area contributed by atoms with Crippen LogP contribution < -0.4 is 10.6 Å². The minimum Gasteiger partial charge on any atom is -0.394 e. The molecule has 0 aliphatic carbocycles. The number of aliphatic hydroxyl groups excluding tert-OH is 1. The third-order valence-corrected chi connectivity index (χ3v) is 2.57. The number of anilines is 2. The molecule has 0 aliphatic heterocycles. The van der Waals surface area contributed by atoms with Crippen molar-refractivity contribution in [3.8, 4) is 0 Å². The van der Waals surface area contributed by atoms with Gasteiger partial charge in [-0.25, -0.2) is 4.98 Å². The molecule has 1 atom stereocenters.